The van der Waals surface area contributed by atoms with E-state index in [4.69, 9.17) is 10.5 Å². The van der Waals surface area contributed by atoms with Crippen LogP contribution in [-0.2, 0) is 11.2 Å². The molecule has 1 aromatic rings. The van der Waals surface area contributed by atoms with Crippen LogP contribution in [0.25, 0.3) is 0 Å². The maximum atomic E-state index is 11.5. The minimum atomic E-state index is -0.543. The first-order chi connectivity index (χ1) is 8.56. The van der Waals surface area contributed by atoms with Gasteiger partial charge in [-0.15, -0.1) is 0 Å². The quantitative estimate of drug-likeness (QED) is 0.733. The molecule has 0 aromatic heterocycles. The van der Waals surface area contributed by atoms with Crippen LogP contribution in [0.1, 0.15) is 12.5 Å². The van der Waals surface area contributed by atoms with E-state index in [0.29, 0.717) is 24.4 Å². The Bertz CT molecular complexity index is 487. The number of nitrogens with two attached hydrogens (primary N) is 1. The molecule has 0 fully saturated rings. The van der Waals surface area contributed by atoms with Crippen LogP contribution in [0.15, 0.2) is 18.2 Å². The van der Waals surface area contributed by atoms with Gasteiger partial charge in [0.1, 0.15) is 5.75 Å². The summed E-state index contributed by atoms with van der Waals surface area (Å²) in [5.41, 5.74) is 6.62. The molecular formula is C12H15N3O3. The third kappa shape index (κ3) is 2.71. The molecule has 1 atom stereocenters. The lowest BCUT2D eigenvalue weighted by Gasteiger charge is -2.23. The third-order valence-corrected chi connectivity index (χ3v) is 2.69. The second-order valence-electron chi connectivity index (χ2n) is 4.12. The van der Waals surface area contributed by atoms with Crippen LogP contribution in [0.4, 0.5) is 10.5 Å². The molecule has 6 nitrogen and oxygen atoms in total. The number of carbonyl (C=O) groups excluding carboxylic acids is 2. The SMILES string of the molecule is CC1Oc2ccc(CCNC(N)=O)cc2NC1=O. The third-order valence-electron chi connectivity index (χ3n) is 2.69. The first kappa shape index (κ1) is 12.2. The van der Waals surface area contributed by atoms with Gasteiger partial charge in [-0.25, -0.2) is 4.79 Å². The molecule has 0 spiro atoms. The Labute approximate surface area is 104 Å². The zero-order valence-corrected chi connectivity index (χ0v) is 10.0. The fraction of sp³-hybridized carbons (Fsp3) is 0.333. The predicted octanol–water partition coefficient (Wildman–Crippen LogP) is 0.617. The summed E-state index contributed by atoms with van der Waals surface area (Å²) < 4.78 is 5.44. The highest BCUT2D eigenvalue weighted by atomic mass is 16.5. The minimum Gasteiger partial charge on any atom is -0.479 e. The molecule has 6 heteroatoms. The van der Waals surface area contributed by atoms with Gasteiger partial charge in [0.05, 0.1) is 5.69 Å². The maximum Gasteiger partial charge on any atom is 0.312 e. The van der Waals surface area contributed by atoms with Crippen molar-refractivity contribution in [3.05, 3.63) is 23.8 Å². The lowest BCUT2D eigenvalue weighted by atomic mass is 10.1. The normalized spacial score (nSPS) is 17.4. The summed E-state index contributed by atoms with van der Waals surface area (Å²) in [6.45, 7) is 2.16. The Morgan fingerprint density at radius 2 is 2.33 bits per heavy atom. The van der Waals surface area contributed by atoms with E-state index in [9.17, 15) is 9.59 Å². The second-order valence-corrected chi connectivity index (χ2v) is 4.12. The van der Waals surface area contributed by atoms with Crippen LogP contribution < -0.4 is 21.1 Å². The number of fused-ring (bicyclic) bond motifs is 1. The van der Waals surface area contributed by atoms with Crippen LogP contribution in [0, 0.1) is 0 Å². The van der Waals surface area contributed by atoms with E-state index in [1.807, 2.05) is 18.2 Å². The summed E-state index contributed by atoms with van der Waals surface area (Å²) in [7, 11) is 0. The molecule has 1 aliphatic heterocycles. The number of urea groups is 1. The molecule has 4 N–H and O–H groups in total. The number of hydrogen-bond acceptors (Lipinski definition) is 3. The number of rotatable bonds is 3. The van der Waals surface area contributed by atoms with Gasteiger partial charge in [0.2, 0.25) is 0 Å². The van der Waals surface area contributed by atoms with Crippen molar-refractivity contribution in [1.82, 2.24) is 5.32 Å². The number of anilines is 1. The largest absolute Gasteiger partial charge is 0.479 e. The monoisotopic (exact) mass is 249 g/mol. The van der Waals surface area contributed by atoms with Gasteiger partial charge in [-0.3, -0.25) is 4.79 Å². The van der Waals surface area contributed by atoms with Crippen LogP contribution >= 0.6 is 0 Å². The highest BCUT2D eigenvalue weighted by Gasteiger charge is 2.23. The lowest BCUT2D eigenvalue weighted by Crippen LogP contribution is -2.34. The number of amides is 3. The summed E-state index contributed by atoms with van der Waals surface area (Å²) in [6.07, 6.45) is 0.168. The molecule has 1 unspecified atom stereocenters. The van der Waals surface area contributed by atoms with Crippen molar-refractivity contribution in [1.29, 1.82) is 0 Å². The van der Waals surface area contributed by atoms with Crippen molar-refractivity contribution in [2.75, 3.05) is 11.9 Å². The molecule has 2 rings (SSSR count). The number of ether oxygens (including phenoxy) is 1. The van der Waals surface area contributed by atoms with Gasteiger partial charge in [-0.1, -0.05) is 6.07 Å². The number of hydrogen-bond donors (Lipinski definition) is 3. The van der Waals surface area contributed by atoms with Crippen molar-refractivity contribution in [3.63, 3.8) is 0 Å². The van der Waals surface area contributed by atoms with E-state index < -0.39 is 12.1 Å². The first-order valence-corrected chi connectivity index (χ1v) is 5.70. The minimum absolute atomic E-state index is 0.157. The molecule has 0 saturated heterocycles. The van der Waals surface area contributed by atoms with Crippen molar-refractivity contribution < 1.29 is 14.3 Å². The molecule has 1 heterocycles. The van der Waals surface area contributed by atoms with Gasteiger partial charge in [0.25, 0.3) is 5.91 Å². The van der Waals surface area contributed by atoms with Crippen LogP contribution in [0.5, 0.6) is 5.75 Å². The Kier molecular flexibility index (Phi) is 3.36. The molecule has 0 bridgehead atoms. The van der Waals surface area contributed by atoms with Crippen molar-refractivity contribution in [3.8, 4) is 5.75 Å². The van der Waals surface area contributed by atoms with Crippen molar-refractivity contribution in [2.24, 2.45) is 5.73 Å². The molecule has 0 aliphatic carbocycles. The lowest BCUT2D eigenvalue weighted by molar-refractivity contribution is -0.122. The summed E-state index contributed by atoms with van der Waals surface area (Å²) in [5, 5.41) is 5.28. The average Bonchev–Trinajstić information content (AvgIpc) is 2.30. The van der Waals surface area contributed by atoms with Crippen LogP contribution in [-0.4, -0.2) is 24.6 Å². The standard InChI is InChI=1S/C12H15N3O3/c1-7-11(16)15-9-6-8(2-3-10(9)18-7)4-5-14-12(13)17/h2-3,6-7H,4-5H2,1H3,(H,15,16)(H3,13,14,17). The Balaban J connectivity index is 2.05. The number of carbonyl (C=O) groups is 2. The second kappa shape index (κ2) is 4.95. The first-order valence-electron chi connectivity index (χ1n) is 5.70. The molecule has 1 aliphatic rings. The van der Waals surface area contributed by atoms with Gasteiger partial charge in [-0.05, 0) is 31.0 Å². The van der Waals surface area contributed by atoms with Crippen LogP contribution in [0.3, 0.4) is 0 Å². The van der Waals surface area contributed by atoms with E-state index >= 15 is 0 Å². The summed E-state index contributed by atoms with van der Waals surface area (Å²) >= 11 is 0. The average molecular weight is 249 g/mol. The number of primary amides is 1. The zero-order valence-electron chi connectivity index (χ0n) is 10.0. The van der Waals surface area contributed by atoms with E-state index in [2.05, 4.69) is 10.6 Å². The van der Waals surface area contributed by atoms with E-state index in [-0.39, 0.29) is 5.91 Å². The number of nitrogens with one attached hydrogen (secondary N) is 2. The van der Waals surface area contributed by atoms with Crippen molar-refractivity contribution in [2.45, 2.75) is 19.4 Å². The Hall–Kier alpha value is -2.24. The van der Waals surface area contributed by atoms with Gasteiger partial charge >= 0.3 is 6.03 Å². The van der Waals surface area contributed by atoms with E-state index in [1.54, 1.807) is 6.92 Å². The van der Waals surface area contributed by atoms with Crippen molar-refractivity contribution >= 4 is 17.6 Å². The summed E-state index contributed by atoms with van der Waals surface area (Å²) in [6, 6.07) is 5.00. The Morgan fingerprint density at radius 1 is 1.56 bits per heavy atom. The van der Waals surface area contributed by atoms with Gasteiger partial charge in [-0.2, -0.15) is 0 Å². The van der Waals surface area contributed by atoms with E-state index in [0.717, 1.165) is 5.56 Å². The maximum absolute atomic E-state index is 11.5. The highest BCUT2D eigenvalue weighted by molar-refractivity contribution is 5.97. The molecule has 3 amide bonds. The summed E-state index contributed by atoms with van der Waals surface area (Å²) in [5.74, 6) is 0.503. The van der Waals surface area contributed by atoms with Gasteiger partial charge in [0.15, 0.2) is 6.10 Å². The Morgan fingerprint density at radius 3 is 3.06 bits per heavy atom. The topological polar surface area (TPSA) is 93.4 Å². The van der Waals surface area contributed by atoms with Crippen LogP contribution in [0.2, 0.25) is 0 Å². The summed E-state index contributed by atoms with van der Waals surface area (Å²) in [4.78, 5) is 22.0. The highest BCUT2D eigenvalue weighted by Crippen LogP contribution is 2.30. The van der Waals surface area contributed by atoms with Gasteiger partial charge in [0, 0.05) is 6.54 Å². The molecule has 0 radical (unpaired) electrons. The smallest absolute Gasteiger partial charge is 0.312 e. The number of benzene rings is 1. The molecule has 0 saturated carbocycles. The fourth-order valence-corrected chi connectivity index (χ4v) is 1.74. The fourth-order valence-electron chi connectivity index (χ4n) is 1.74. The van der Waals surface area contributed by atoms with Gasteiger partial charge < -0.3 is 21.1 Å². The molecule has 96 valence electrons. The molecular weight excluding hydrogens is 234 g/mol. The van der Waals surface area contributed by atoms with E-state index in [1.165, 1.54) is 0 Å². The molecule has 1 aromatic carbocycles. The predicted molar refractivity (Wildman–Crippen MR) is 66.5 cm³/mol. The zero-order chi connectivity index (χ0) is 13.1. The molecule has 18 heavy (non-hydrogen) atoms.